The summed E-state index contributed by atoms with van der Waals surface area (Å²) in [5.41, 5.74) is 2.67. The van der Waals surface area contributed by atoms with E-state index in [9.17, 15) is 5.11 Å². The van der Waals surface area contributed by atoms with Crippen LogP contribution in [-0.2, 0) is 5.75 Å². The Hall–Kier alpha value is -0.970. The van der Waals surface area contributed by atoms with E-state index >= 15 is 0 Å². The lowest BCUT2D eigenvalue weighted by Crippen LogP contribution is -1.78. The van der Waals surface area contributed by atoms with Crippen molar-refractivity contribution in [3.8, 4) is 5.75 Å². The summed E-state index contributed by atoms with van der Waals surface area (Å²) in [6.45, 7) is 2.11. The molecule has 1 N–H and O–H groups in total. The van der Waals surface area contributed by atoms with Crippen molar-refractivity contribution in [3.63, 3.8) is 0 Å². The predicted molar refractivity (Wildman–Crippen MR) is 98.0 cm³/mol. The van der Waals surface area contributed by atoms with E-state index in [1.165, 1.54) is 11.1 Å². The Bertz CT molecular complexity index is 579. The van der Waals surface area contributed by atoms with Gasteiger partial charge in [-0.1, -0.05) is 63.6 Å². The second-order valence-corrected chi connectivity index (χ2v) is 7.89. The first-order valence-electron chi connectivity index (χ1n) is 6.65. The van der Waals surface area contributed by atoms with Gasteiger partial charge in [-0.2, -0.15) is 0 Å². The molecule has 0 aliphatic rings. The summed E-state index contributed by atoms with van der Waals surface area (Å²) in [5.74, 6) is 2.27. The van der Waals surface area contributed by atoms with E-state index in [4.69, 9.17) is 0 Å². The Morgan fingerprint density at radius 3 is 2.67 bits per heavy atom. The molecule has 0 atom stereocenters. The molecule has 0 amide bonds. The number of phenolic OH excluding ortho intramolecular Hbond substituents is 1. The van der Waals surface area contributed by atoms with Crippen LogP contribution >= 0.6 is 33.3 Å². The molecule has 0 saturated heterocycles. The van der Waals surface area contributed by atoms with Crippen molar-refractivity contribution in [3.05, 3.63) is 71.1 Å². The first-order chi connectivity index (χ1) is 10.2. The minimum atomic E-state index is 0.326. The summed E-state index contributed by atoms with van der Waals surface area (Å²) in [6.07, 6.45) is 2.15. The zero-order valence-corrected chi connectivity index (χ0v) is 14.3. The Labute approximate surface area is 138 Å². The summed E-state index contributed by atoms with van der Waals surface area (Å²) < 4.78 is 0. The van der Waals surface area contributed by atoms with Crippen LogP contribution in [0.2, 0.25) is 0 Å². The van der Waals surface area contributed by atoms with E-state index in [2.05, 4.69) is 42.7 Å². The van der Waals surface area contributed by atoms with Crippen molar-refractivity contribution in [1.29, 1.82) is 0 Å². The zero-order chi connectivity index (χ0) is 14.9. The number of benzene rings is 2. The monoisotopic (exact) mass is 334 g/mol. The van der Waals surface area contributed by atoms with Crippen LogP contribution in [0.15, 0.2) is 64.9 Å². The fraction of sp³-hybridized carbons (Fsp3) is 0.176. The molecule has 21 heavy (non-hydrogen) atoms. The van der Waals surface area contributed by atoms with Gasteiger partial charge in [0.2, 0.25) is 0 Å². The van der Waals surface area contributed by atoms with Crippen molar-refractivity contribution >= 4 is 33.3 Å². The fourth-order valence-corrected chi connectivity index (χ4v) is 4.24. The molecule has 0 radical (unpaired) electrons. The Balaban J connectivity index is 1.61. The molecule has 2 aromatic rings. The molecular weight excluding hydrogens is 316 g/mol. The molecule has 1 nitrogen and oxygen atoms in total. The largest absolute Gasteiger partial charge is 0.508 e. The SMILES string of the molecule is Cc1ccc(CSS/C=C\CSc2cccc(O)c2)cc1. The molecule has 0 spiro atoms. The number of aromatic hydroxyl groups is 1. The molecule has 0 heterocycles. The van der Waals surface area contributed by atoms with Gasteiger partial charge < -0.3 is 5.11 Å². The standard InChI is InChI=1S/C17H18OS3/c1-14-6-8-15(9-7-14)13-21-20-11-3-10-19-17-5-2-4-16(18)12-17/h2-9,11-12,18H,10,13H2,1H3/b11-3-. The van der Waals surface area contributed by atoms with Gasteiger partial charge in [0.15, 0.2) is 0 Å². The highest BCUT2D eigenvalue weighted by molar-refractivity contribution is 8.77. The molecule has 2 rings (SSSR count). The highest BCUT2D eigenvalue weighted by atomic mass is 33.1. The van der Waals surface area contributed by atoms with Gasteiger partial charge in [0, 0.05) is 16.4 Å². The Morgan fingerprint density at radius 1 is 1.10 bits per heavy atom. The number of phenols is 1. The van der Waals surface area contributed by atoms with Crippen LogP contribution in [0.5, 0.6) is 5.75 Å². The quantitative estimate of drug-likeness (QED) is 0.387. The maximum absolute atomic E-state index is 9.37. The van der Waals surface area contributed by atoms with Gasteiger partial charge in [-0.3, -0.25) is 0 Å². The molecule has 0 aliphatic carbocycles. The number of aryl methyl sites for hydroxylation is 1. The van der Waals surface area contributed by atoms with Gasteiger partial charge in [0.25, 0.3) is 0 Å². The van der Waals surface area contributed by atoms with Crippen LogP contribution < -0.4 is 0 Å². The third-order valence-corrected chi connectivity index (χ3v) is 5.66. The molecule has 0 bridgehead atoms. The van der Waals surface area contributed by atoms with Gasteiger partial charge in [0.1, 0.15) is 5.75 Å². The number of thioether (sulfide) groups is 1. The lowest BCUT2D eigenvalue weighted by molar-refractivity contribution is 0.474. The zero-order valence-electron chi connectivity index (χ0n) is 11.9. The van der Waals surface area contributed by atoms with E-state index < -0.39 is 0 Å². The third-order valence-electron chi connectivity index (χ3n) is 2.73. The van der Waals surface area contributed by atoms with E-state index in [0.717, 1.165) is 16.4 Å². The number of rotatable bonds is 7. The highest BCUT2D eigenvalue weighted by Crippen LogP contribution is 2.28. The summed E-state index contributed by atoms with van der Waals surface area (Å²) in [5, 5.41) is 11.5. The lowest BCUT2D eigenvalue weighted by Gasteiger charge is -2.00. The number of hydrogen-bond donors (Lipinski definition) is 1. The van der Waals surface area contributed by atoms with Crippen LogP contribution in [0.25, 0.3) is 0 Å². The first-order valence-corrected chi connectivity index (χ1v) is 10.0. The topological polar surface area (TPSA) is 20.2 Å². The molecule has 0 fully saturated rings. The van der Waals surface area contributed by atoms with Crippen LogP contribution in [-0.4, -0.2) is 10.9 Å². The van der Waals surface area contributed by atoms with E-state index in [1.807, 2.05) is 22.9 Å². The van der Waals surface area contributed by atoms with Crippen molar-refractivity contribution in [2.75, 3.05) is 5.75 Å². The van der Waals surface area contributed by atoms with Crippen LogP contribution in [0.1, 0.15) is 11.1 Å². The summed E-state index contributed by atoms with van der Waals surface area (Å²) in [7, 11) is 3.61. The normalized spacial score (nSPS) is 11.1. The molecule has 0 saturated carbocycles. The molecule has 2 aromatic carbocycles. The van der Waals surface area contributed by atoms with E-state index in [-0.39, 0.29) is 0 Å². The maximum atomic E-state index is 9.37. The Morgan fingerprint density at radius 2 is 1.90 bits per heavy atom. The van der Waals surface area contributed by atoms with E-state index in [1.54, 1.807) is 34.7 Å². The molecule has 0 unspecified atom stereocenters. The molecule has 0 aliphatic heterocycles. The van der Waals surface area contributed by atoms with Crippen LogP contribution in [0.4, 0.5) is 0 Å². The highest BCUT2D eigenvalue weighted by Gasteiger charge is 1.94. The van der Waals surface area contributed by atoms with Crippen molar-refractivity contribution in [1.82, 2.24) is 0 Å². The predicted octanol–water partition coefficient (Wildman–Crippen LogP) is 5.89. The summed E-state index contributed by atoms with van der Waals surface area (Å²) in [4.78, 5) is 1.09. The summed E-state index contributed by atoms with van der Waals surface area (Å²) in [6, 6.07) is 16.0. The smallest absolute Gasteiger partial charge is 0.116 e. The van der Waals surface area contributed by atoms with Crippen molar-refractivity contribution in [2.45, 2.75) is 17.6 Å². The molecule has 0 aromatic heterocycles. The first kappa shape index (κ1) is 16.4. The van der Waals surface area contributed by atoms with Crippen molar-refractivity contribution < 1.29 is 5.11 Å². The molecule has 110 valence electrons. The van der Waals surface area contributed by atoms with Gasteiger partial charge >= 0.3 is 0 Å². The third kappa shape index (κ3) is 6.55. The second kappa shape index (κ2) is 9.13. The average Bonchev–Trinajstić information content (AvgIpc) is 2.48. The van der Waals surface area contributed by atoms with Crippen LogP contribution in [0.3, 0.4) is 0 Å². The lowest BCUT2D eigenvalue weighted by atomic mass is 10.2. The average molecular weight is 335 g/mol. The van der Waals surface area contributed by atoms with Gasteiger partial charge in [0.05, 0.1) is 0 Å². The summed E-state index contributed by atoms with van der Waals surface area (Å²) >= 11 is 1.72. The Kier molecular flexibility index (Phi) is 7.13. The molecule has 4 heteroatoms. The second-order valence-electron chi connectivity index (χ2n) is 4.52. The minimum absolute atomic E-state index is 0.326. The van der Waals surface area contributed by atoms with Gasteiger partial charge in [-0.05, 0) is 36.1 Å². The van der Waals surface area contributed by atoms with Crippen molar-refractivity contribution in [2.24, 2.45) is 0 Å². The van der Waals surface area contributed by atoms with Gasteiger partial charge in [-0.15, -0.1) is 11.8 Å². The minimum Gasteiger partial charge on any atom is -0.508 e. The fourth-order valence-electron chi connectivity index (χ4n) is 1.62. The van der Waals surface area contributed by atoms with Crippen LogP contribution in [0, 0.1) is 6.92 Å². The van der Waals surface area contributed by atoms with E-state index in [0.29, 0.717) is 5.75 Å². The van der Waals surface area contributed by atoms with Gasteiger partial charge in [-0.25, -0.2) is 0 Å². The molecular formula is C17H18OS3. The maximum Gasteiger partial charge on any atom is 0.116 e. The number of hydrogen-bond acceptors (Lipinski definition) is 4.